The van der Waals surface area contributed by atoms with Crippen molar-refractivity contribution in [2.45, 2.75) is 183 Å². The summed E-state index contributed by atoms with van der Waals surface area (Å²) in [5.41, 5.74) is 0. The summed E-state index contributed by atoms with van der Waals surface area (Å²) in [4.78, 5) is 22.1. The van der Waals surface area contributed by atoms with Gasteiger partial charge < -0.3 is 9.47 Å². The Labute approximate surface area is 311 Å². The molecule has 0 saturated carbocycles. The molecule has 0 aromatic carbocycles. The Morgan fingerprint density at radius 1 is 0.533 bits per heavy atom. The minimum Gasteiger partial charge on any atom is -0.465 e. The Morgan fingerprint density at radius 3 is 1.09 bits per heavy atom. The number of carbonyl (C=O) groups is 2. The second-order valence-corrected chi connectivity index (χ2v) is 12.5. The molecule has 0 rings (SSSR count). The molecule has 45 heavy (non-hydrogen) atoms. The summed E-state index contributed by atoms with van der Waals surface area (Å²) in [6.07, 6.45) is 26.0. The zero-order valence-electron chi connectivity index (χ0n) is 30.9. The molecule has 0 N–H and O–H groups in total. The van der Waals surface area contributed by atoms with E-state index >= 15 is 0 Å². The fourth-order valence-corrected chi connectivity index (χ4v) is 4.42. The van der Waals surface area contributed by atoms with Crippen LogP contribution in [-0.2, 0) is 19.1 Å². The zero-order valence-corrected chi connectivity index (χ0v) is 35.4. The van der Waals surface area contributed by atoms with Crippen LogP contribution in [0.25, 0.3) is 0 Å². The Bertz CT molecular complexity index is 480. The number of rotatable bonds is 26. The van der Waals surface area contributed by atoms with Crippen molar-refractivity contribution < 1.29 is 19.1 Å². The summed E-state index contributed by atoms with van der Waals surface area (Å²) in [6, 6.07) is 0. The van der Waals surface area contributed by atoms with E-state index in [1.807, 2.05) is 0 Å². The maximum absolute atomic E-state index is 11.0. The Balaban J connectivity index is -0.000000162. The van der Waals surface area contributed by atoms with E-state index in [0.717, 1.165) is 38.5 Å². The first-order chi connectivity index (χ1) is 21.3. The summed E-state index contributed by atoms with van der Waals surface area (Å²) in [5, 5.41) is 0. The molecule has 0 aromatic heterocycles. The third kappa shape index (κ3) is 54.2. The van der Waals surface area contributed by atoms with E-state index in [9.17, 15) is 9.59 Å². The molecule has 7 heteroatoms. The van der Waals surface area contributed by atoms with Gasteiger partial charge in [0.25, 0.3) is 0 Å². The molecule has 2 atom stereocenters. The summed E-state index contributed by atoms with van der Waals surface area (Å²) < 4.78 is 10.3. The average Bonchev–Trinajstić information content (AvgIpc) is 3.03. The predicted molar refractivity (Wildman–Crippen MR) is 206 cm³/mol. The van der Waals surface area contributed by atoms with Crippen LogP contribution in [0.1, 0.15) is 183 Å². The molecular weight excluding hydrogens is 703 g/mol. The van der Waals surface area contributed by atoms with Crippen LogP contribution >= 0.6 is 25.3 Å². The zero-order chi connectivity index (χ0) is 34.1. The third-order valence-electron chi connectivity index (χ3n) is 7.37. The maximum Gasteiger partial charge on any atom is 0.306 e. The van der Waals surface area contributed by atoms with Gasteiger partial charge in [-0.25, -0.2) is 0 Å². The van der Waals surface area contributed by atoms with Crippen molar-refractivity contribution in [3.05, 3.63) is 13.8 Å². The molecular formula is C38H76O4S2Sn. The number of hydrogen-bond donors (Lipinski definition) is 0. The van der Waals surface area contributed by atoms with Crippen molar-refractivity contribution in [2.24, 2.45) is 11.8 Å². The van der Waals surface area contributed by atoms with Crippen LogP contribution in [-0.4, -0.2) is 60.6 Å². The van der Waals surface area contributed by atoms with E-state index in [0.29, 0.717) is 49.4 Å². The van der Waals surface area contributed by atoms with Gasteiger partial charge in [-0.15, -0.1) is 0 Å². The summed E-state index contributed by atoms with van der Waals surface area (Å²) >= 11 is 9.41. The number of ether oxygens (including phenoxy) is 2. The fourth-order valence-electron chi connectivity index (χ4n) is 4.09. The molecule has 0 bridgehead atoms. The van der Waals surface area contributed by atoms with Crippen molar-refractivity contribution in [1.82, 2.24) is 0 Å². The van der Waals surface area contributed by atoms with E-state index < -0.39 is 0 Å². The molecule has 2 unspecified atom stereocenters. The molecule has 0 amide bonds. The molecule has 0 spiro atoms. The molecule has 8 radical (unpaired) electrons. The van der Waals surface area contributed by atoms with Crippen molar-refractivity contribution in [3.63, 3.8) is 0 Å². The summed E-state index contributed by atoms with van der Waals surface area (Å²) in [6.45, 7) is 21.8. The minimum absolute atomic E-state index is 0. The largest absolute Gasteiger partial charge is 0.465 e. The number of carbonyl (C=O) groups excluding carboxylic acids is 2. The van der Waals surface area contributed by atoms with E-state index in [-0.39, 0.29) is 35.8 Å². The Kier molecular flexibility index (Phi) is 62.5. The van der Waals surface area contributed by atoms with Gasteiger partial charge in [0, 0.05) is 35.4 Å². The summed E-state index contributed by atoms with van der Waals surface area (Å²) in [5.74, 6) is 1.70. The number of unbranched alkanes of at least 4 members (excludes halogenated alkanes) is 12. The molecule has 0 saturated heterocycles. The van der Waals surface area contributed by atoms with Gasteiger partial charge in [0.1, 0.15) is 0 Å². The average molecular weight is 780 g/mol. The van der Waals surface area contributed by atoms with E-state index in [1.54, 1.807) is 0 Å². The SMILES string of the molecule is CCCCC(CC)COC(=O)CC[S].CCCCC(CC)COC(=O)CC[S].[CH2]CCCCCCC.[CH2]CCCCCCC.[Sn]. The van der Waals surface area contributed by atoms with Crippen LogP contribution in [0.15, 0.2) is 0 Å². The van der Waals surface area contributed by atoms with Gasteiger partial charge in [0.15, 0.2) is 0 Å². The molecule has 0 aromatic rings. The summed E-state index contributed by atoms with van der Waals surface area (Å²) in [7, 11) is 0. The molecule has 0 heterocycles. The fraction of sp³-hybridized carbons (Fsp3) is 0.895. The van der Waals surface area contributed by atoms with Crippen molar-refractivity contribution in [2.75, 3.05) is 24.7 Å². The van der Waals surface area contributed by atoms with Crippen LogP contribution in [0, 0.1) is 25.7 Å². The van der Waals surface area contributed by atoms with Gasteiger partial charge in [-0.1, -0.05) is 196 Å². The van der Waals surface area contributed by atoms with Crippen LogP contribution in [0.2, 0.25) is 0 Å². The minimum atomic E-state index is -0.144. The number of esters is 2. The smallest absolute Gasteiger partial charge is 0.306 e. The van der Waals surface area contributed by atoms with Crippen molar-refractivity contribution >= 4 is 61.1 Å². The Hall–Kier alpha value is 0.439. The van der Waals surface area contributed by atoms with Crippen LogP contribution < -0.4 is 0 Å². The molecule has 0 fully saturated rings. The predicted octanol–water partition coefficient (Wildman–Crippen LogP) is 12.6. The number of hydrogen-bond acceptors (Lipinski definition) is 4. The van der Waals surface area contributed by atoms with Gasteiger partial charge in [-0.2, -0.15) is 0 Å². The molecule has 4 nitrogen and oxygen atoms in total. The first-order valence-electron chi connectivity index (χ1n) is 18.4. The van der Waals surface area contributed by atoms with Crippen LogP contribution in [0.5, 0.6) is 0 Å². The van der Waals surface area contributed by atoms with E-state index in [4.69, 9.17) is 34.7 Å². The van der Waals surface area contributed by atoms with Gasteiger partial charge in [0.05, 0.1) is 26.1 Å². The van der Waals surface area contributed by atoms with Crippen molar-refractivity contribution in [3.8, 4) is 0 Å². The van der Waals surface area contributed by atoms with Gasteiger partial charge >= 0.3 is 11.9 Å². The van der Waals surface area contributed by atoms with Crippen LogP contribution in [0.3, 0.4) is 0 Å². The quantitative estimate of drug-likeness (QED) is 0.0498. The van der Waals surface area contributed by atoms with Crippen molar-refractivity contribution in [1.29, 1.82) is 0 Å². The molecule has 0 aliphatic heterocycles. The van der Waals surface area contributed by atoms with E-state index in [2.05, 4.69) is 55.4 Å². The van der Waals surface area contributed by atoms with Gasteiger partial charge in [0.2, 0.25) is 0 Å². The monoisotopic (exact) mass is 780 g/mol. The normalized spacial score (nSPS) is 11.2. The van der Waals surface area contributed by atoms with E-state index in [1.165, 1.54) is 89.9 Å². The van der Waals surface area contributed by atoms with Gasteiger partial charge in [-0.05, 0) is 24.7 Å². The standard InChI is InChI=1S/2C11H21O2S.2C8H17.Sn/c2*1-3-5-6-10(4-2)9-13-11(12)7-8-14;2*1-3-5-7-8-6-4-2;/h2*10H,3-9H2,1-2H3;2*1,3-8H2,2H3;. The Morgan fingerprint density at radius 2 is 0.844 bits per heavy atom. The maximum atomic E-state index is 11.0. The second-order valence-electron chi connectivity index (χ2n) is 11.6. The topological polar surface area (TPSA) is 52.6 Å². The third-order valence-corrected chi connectivity index (χ3v) is 7.77. The van der Waals surface area contributed by atoms with Gasteiger partial charge in [-0.3, -0.25) is 9.59 Å². The molecule has 0 aliphatic rings. The van der Waals surface area contributed by atoms with Crippen LogP contribution in [0.4, 0.5) is 0 Å². The molecule has 0 aliphatic carbocycles. The first kappa shape index (κ1) is 54.9. The first-order valence-corrected chi connectivity index (χ1v) is 19.5. The molecule has 268 valence electrons. The second kappa shape index (κ2) is 51.3.